The molecule has 0 radical (unpaired) electrons. The number of nitrogens with zero attached hydrogens (tertiary/aromatic N) is 2. The molecular formula is C14H13N3O5S. The number of phenols is 1. The summed E-state index contributed by atoms with van der Waals surface area (Å²) in [5, 5.41) is 21.1. The molecule has 2 amide bonds. The van der Waals surface area contributed by atoms with Crippen LogP contribution in [0, 0.1) is 0 Å². The van der Waals surface area contributed by atoms with Gasteiger partial charge in [-0.25, -0.2) is 4.79 Å². The lowest BCUT2D eigenvalue weighted by Crippen LogP contribution is -2.32. The molecule has 23 heavy (non-hydrogen) atoms. The molecule has 3 rings (SSSR count). The van der Waals surface area contributed by atoms with Crippen molar-refractivity contribution >= 4 is 40.4 Å². The first kappa shape index (κ1) is 15.3. The summed E-state index contributed by atoms with van der Waals surface area (Å²) in [4.78, 5) is 40.9. The maximum atomic E-state index is 12.1. The molecule has 1 aromatic rings. The zero-order valence-electron chi connectivity index (χ0n) is 11.9. The van der Waals surface area contributed by atoms with E-state index in [2.05, 4.69) is 10.3 Å². The van der Waals surface area contributed by atoms with Crippen molar-refractivity contribution < 1.29 is 24.6 Å². The molecule has 9 heteroatoms. The van der Waals surface area contributed by atoms with Crippen LogP contribution in [0.3, 0.4) is 0 Å². The fourth-order valence-corrected chi connectivity index (χ4v) is 3.57. The van der Waals surface area contributed by atoms with E-state index in [1.54, 1.807) is 4.90 Å². The van der Waals surface area contributed by atoms with Crippen molar-refractivity contribution in [3.63, 3.8) is 0 Å². The van der Waals surface area contributed by atoms with Gasteiger partial charge < -0.3 is 15.5 Å². The normalized spacial score (nSPS) is 19.5. The Hall–Kier alpha value is -2.55. The minimum absolute atomic E-state index is 0.0255. The van der Waals surface area contributed by atoms with Gasteiger partial charge in [-0.05, 0) is 18.2 Å². The number of rotatable bonds is 4. The van der Waals surface area contributed by atoms with Crippen LogP contribution >= 0.6 is 11.8 Å². The molecule has 120 valence electrons. The van der Waals surface area contributed by atoms with Crippen molar-refractivity contribution in [2.75, 3.05) is 18.4 Å². The van der Waals surface area contributed by atoms with Crippen LogP contribution in [0.25, 0.3) is 0 Å². The summed E-state index contributed by atoms with van der Waals surface area (Å²) in [7, 11) is 0. The van der Waals surface area contributed by atoms with Crippen molar-refractivity contribution in [1.29, 1.82) is 0 Å². The van der Waals surface area contributed by atoms with E-state index < -0.39 is 17.1 Å². The summed E-state index contributed by atoms with van der Waals surface area (Å²) in [6, 6.07) is 3.76. The number of amides is 2. The molecule has 0 spiro atoms. The second-order valence-corrected chi connectivity index (χ2v) is 6.22. The Kier molecular flexibility index (Phi) is 3.95. The second-order valence-electron chi connectivity index (χ2n) is 5.05. The quantitative estimate of drug-likeness (QED) is 0.698. The Labute approximate surface area is 135 Å². The summed E-state index contributed by atoms with van der Waals surface area (Å²) < 4.78 is 0. The van der Waals surface area contributed by atoms with E-state index in [1.807, 2.05) is 0 Å². The Morgan fingerprint density at radius 2 is 2.22 bits per heavy atom. The molecule has 1 aromatic carbocycles. The van der Waals surface area contributed by atoms with Gasteiger partial charge in [-0.1, -0.05) is 11.8 Å². The Morgan fingerprint density at radius 1 is 1.43 bits per heavy atom. The van der Waals surface area contributed by atoms with E-state index in [0.29, 0.717) is 18.3 Å². The highest BCUT2D eigenvalue weighted by molar-refractivity contribution is 8.15. The van der Waals surface area contributed by atoms with Gasteiger partial charge in [0.25, 0.3) is 0 Å². The number of aromatic hydroxyl groups is 1. The molecule has 3 N–H and O–H groups in total. The van der Waals surface area contributed by atoms with Gasteiger partial charge in [0.1, 0.15) is 16.6 Å². The summed E-state index contributed by atoms with van der Waals surface area (Å²) >= 11 is 1.27. The van der Waals surface area contributed by atoms with Crippen molar-refractivity contribution in [3.8, 4) is 5.75 Å². The highest BCUT2D eigenvalue weighted by atomic mass is 32.2. The number of amidine groups is 1. The standard InChI is InChI=1S/C14H13N3O5S/c18-9-2-1-7(5-8(9)13(21)22)16-11(19)6-10-12(20)17-4-3-15-14(17)23-10/h1-2,5,10,18H,3-4,6H2,(H,16,19)(H,21,22). The summed E-state index contributed by atoms with van der Waals surface area (Å²) in [6.07, 6.45) is -0.0255. The van der Waals surface area contributed by atoms with E-state index in [4.69, 9.17) is 5.11 Å². The summed E-state index contributed by atoms with van der Waals surface area (Å²) in [5.74, 6) is -2.20. The molecule has 1 atom stereocenters. The molecule has 8 nitrogen and oxygen atoms in total. The van der Waals surface area contributed by atoms with Gasteiger partial charge in [0.05, 0.1) is 6.54 Å². The molecule has 0 aliphatic carbocycles. The number of anilines is 1. The highest BCUT2D eigenvalue weighted by Gasteiger charge is 2.40. The number of carbonyl (C=O) groups is 3. The molecule has 1 saturated heterocycles. The minimum atomic E-state index is -1.29. The van der Waals surface area contributed by atoms with E-state index >= 15 is 0 Å². The molecule has 1 fully saturated rings. The van der Waals surface area contributed by atoms with Gasteiger partial charge in [-0.3, -0.25) is 19.5 Å². The van der Waals surface area contributed by atoms with Crippen LogP contribution in [0.15, 0.2) is 23.2 Å². The average molecular weight is 335 g/mol. The maximum Gasteiger partial charge on any atom is 0.339 e. The third-order valence-electron chi connectivity index (χ3n) is 3.47. The number of benzene rings is 1. The van der Waals surface area contributed by atoms with Gasteiger partial charge in [0.15, 0.2) is 5.17 Å². The van der Waals surface area contributed by atoms with Crippen molar-refractivity contribution in [2.24, 2.45) is 4.99 Å². The summed E-state index contributed by atoms with van der Waals surface area (Å²) in [6.45, 7) is 1.15. The monoisotopic (exact) mass is 335 g/mol. The number of carboxylic acid groups (broad SMARTS) is 1. The highest BCUT2D eigenvalue weighted by Crippen LogP contribution is 2.32. The van der Waals surface area contributed by atoms with Crippen LogP contribution in [0.5, 0.6) is 5.75 Å². The van der Waals surface area contributed by atoms with Gasteiger partial charge in [-0.15, -0.1) is 0 Å². The van der Waals surface area contributed by atoms with Gasteiger partial charge in [0.2, 0.25) is 11.8 Å². The van der Waals surface area contributed by atoms with Crippen molar-refractivity contribution in [1.82, 2.24) is 4.90 Å². The van der Waals surface area contributed by atoms with Gasteiger partial charge >= 0.3 is 5.97 Å². The third-order valence-corrected chi connectivity index (χ3v) is 4.69. The largest absolute Gasteiger partial charge is 0.507 e. The lowest BCUT2D eigenvalue weighted by atomic mass is 10.1. The van der Waals surface area contributed by atoms with E-state index in [9.17, 15) is 19.5 Å². The molecule has 0 saturated carbocycles. The Balaban J connectivity index is 1.65. The fourth-order valence-electron chi connectivity index (χ4n) is 2.38. The SMILES string of the molecule is O=C(CC1SC2=NCCN2C1=O)Nc1ccc(O)c(C(=O)O)c1. The van der Waals surface area contributed by atoms with Crippen molar-refractivity contribution in [3.05, 3.63) is 23.8 Å². The zero-order valence-corrected chi connectivity index (χ0v) is 12.7. The number of hydrogen-bond acceptors (Lipinski definition) is 6. The number of aromatic carboxylic acids is 1. The molecule has 0 aromatic heterocycles. The topological polar surface area (TPSA) is 119 Å². The van der Waals surface area contributed by atoms with E-state index in [-0.39, 0.29) is 29.3 Å². The summed E-state index contributed by atoms with van der Waals surface area (Å²) in [5.41, 5.74) is -0.0531. The number of carbonyl (C=O) groups excluding carboxylic acids is 2. The molecule has 2 aliphatic rings. The Bertz CT molecular complexity index is 733. The lowest BCUT2D eigenvalue weighted by molar-refractivity contribution is -0.127. The van der Waals surface area contributed by atoms with Crippen LogP contribution in [0.2, 0.25) is 0 Å². The van der Waals surface area contributed by atoms with Crippen LogP contribution in [-0.2, 0) is 9.59 Å². The molecule has 1 unspecified atom stereocenters. The number of nitrogens with one attached hydrogen (secondary N) is 1. The van der Waals surface area contributed by atoms with E-state index in [1.165, 1.54) is 30.0 Å². The van der Waals surface area contributed by atoms with Crippen LogP contribution in [0.4, 0.5) is 5.69 Å². The first-order valence-corrected chi connectivity index (χ1v) is 7.72. The minimum Gasteiger partial charge on any atom is -0.507 e. The maximum absolute atomic E-state index is 12.1. The lowest BCUT2D eigenvalue weighted by Gasteiger charge is -2.11. The zero-order chi connectivity index (χ0) is 16.6. The first-order valence-electron chi connectivity index (χ1n) is 6.84. The Morgan fingerprint density at radius 3 is 2.91 bits per heavy atom. The number of aliphatic imine (C=N–C) groups is 1. The molecule has 2 heterocycles. The number of fused-ring (bicyclic) bond motifs is 1. The third kappa shape index (κ3) is 3.00. The molecule has 2 aliphatic heterocycles. The van der Waals surface area contributed by atoms with Gasteiger partial charge in [0, 0.05) is 18.7 Å². The second kappa shape index (κ2) is 5.92. The number of hydrogen-bond donors (Lipinski definition) is 3. The number of carboxylic acids is 1. The van der Waals surface area contributed by atoms with Crippen LogP contribution < -0.4 is 5.32 Å². The average Bonchev–Trinajstić information content (AvgIpc) is 3.05. The molecule has 0 bridgehead atoms. The first-order chi connectivity index (χ1) is 11.0. The van der Waals surface area contributed by atoms with Crippen LogP contribution in [0.1, 0.15) is 16.8 Å². The molecular weight excluding hydrogens is 322 g/mol. The smallest absolute Gasteiger partial charge is 0.339 e. The fraction of sp³-hybridized carbons (Fsp3) is 0.286. The van der Waals surface area contributed by atoms with Crippen molar-refractivity contribution in [2.45, 2.75) is 11.7 Å². The predicted octanol–water partition coefficient (Wildman–Crippen LogP) is 0.733. The number of thioether (sulfide) groups is 1. The van der Waals surface area contributed by atoms with E-state index in [0.717, 1.165) is 0 Å². The van der Waals surface area contributed by atoms with Crippen LogP contribution in [-0.4, -0.2) is 56.4 Å². The van der Waals surface area contributed by atoms with Gasteiger partial charge in [-0.2, -0.15) is 0 Å². The predicted molar refractivity (Wildman–Crippen MR) is 83.7 cm³/mol.